The predicted molar refractivity (Wildman–Crippen MR) is 75.1 cm³/mol. The second kappa shape index (κ2) is 7.84. The molecule has 7 heteroatoms. The molecule has 1 rings (SSSR count). The molecular weight excluding hydrogens is 289 g/mol. The number of nitrogens with one attached hydrogen (secondary N) is 1. The van der Waals surface area contributed by atoms with E-state index in [4.69, 9.17) is 5.11 Å². The minimum atomic E-state index is -3.63. The molecule has 108 valence electrons. The van der Waals surface area contributed by atoms with Gasteiger partial charge in [-0.25, -0.2) is 17.5 Å². The molecule has 4 nitrogen and oxygen atoms in total. The summed E-state index contributed by atoms with van der Waals surface area (Å²) in [6.07, 6.45) is 3.70. The molecule has 19 heavy (non-hydrogen) atoms. The van der Waals surface area contributed by atoms with Gasteiger partial charge in [-0.05, 0) is 43.0 Å². The van der Waals surface area contributed by atoms with Crippen molar-refractivity contribution >= 4 is 21.8 Å². The van der Waals surface area contributed by atoms with Gasteiger partial charge < -0.3 is 5.11 Å². The molecule has 2 N–H and O–H groups in total. The fraction of sp³-hybridized carbons (Fsp3) is 0.500. The Balaban J connectivity index is 2.67. The SMILES string of the molecule is CSCCCCNS(=O)(=O)c1ccc(F)c(CO)c1. The Kier molecular flexibility index (Phi) is 6.78. The average molecular weight is 307 g/mol. The maximum Gasteiger partial charge on any atom is 0.240 e. The van der Waals surface area contributed by atoms with Gasteiger partial charge in [0.1, 0.15) is 5.82 Å². The normalized spacial score (nSPS) is 11.7. The van der Waals surface area contributed by atoms with Crippen molar-refractivity contribution in [2.75, 3.05) is 18.6 Å². The van der Waals surface area contributed by atoms with Gasteiger partial charge in [0.2, 0.25) is 10.0 Å². The first-order valence-corrected chi connectivity index (χ1v) is 8.77. The van der Waals surface area contributed by atoms with Crippen LogP contribution in [-0.4, -0.2) is 32.1 Å². The van der Waals surface area contributed by atoms with Crippen LogP contribution in [0.3, 0.4) is 0 Å². The van der Waals surface area contributed by atoms with E-state index in [0.717, 1.165) is 30.7 Å². The third-order valence-electron chi connectivity index (χ3n) is 2.57. The van der Waals surface area contributed by atoms with Crippen molar-refractivity contribution in [3.05, 3.63) is 29.6 Å². The molecule has 0 aromatic heterocycles. The van der Waals surface area contributed by atoms with Crippen LogP contribution in [0, 0.1) is 5.82 Å². The summed E-state index contributed by atoms with van der Waals surface area (Å²) in [5.74, 6) is 0.383. The quantitative estimate of drug-likeness (QED) is 0.718. The van der Waals surface area contributed by atoms with Crippen LogP contribution in [0.25, 0.3) is 0 Å². The molecule has 0 aliphatic rings. The molecule has 0 unspecified atom stereocenters. The first-order valence-electron chi connectivity index (χ1n) is 5.89. The number of hydrogen-bond donors (Lipinski definition) is 2. The molecule has 0 saturated carbocycles. The van der Waals surface area contributed by atoms with Gasteiger partial charge in [0.25, 0.3) is 0 Å². The molecule has 0 aliphatic carbocycles. The molecule has 0 aliphatic heterocycles. The number of thioether (sulfide) groups is 1. The maximum absolute atomic E-state index is 13.2. The van der Waals surface area contributed by atoms with Crippen molar-refractivity contribution in [1.82, 2.24) is 4.72 Å². The molecule has 0 heterocycles. The van der Waals surface area contributed by atoms with Gasteiger partial charge in [0, 0.05) is 12.1 Å². The summed E-state index contributed by atoms with van der Waals surface area (Å²) in [7, 11) is -3.63. The fourth-order valence-electron chi connectivity index (χ4n) is 1.50. The van der Waals surface area contributed by atoms with E-state index in [-0.39, 0.29) is 10.5 Å². The van der Waals surface area contributed by atoms with Crippen molar-refractivity contribution in [2.45, 2.75) is 24.3 Å². The van der Waals surface area contributed by atoms with Crippen molar-refractivity contribution < 1.29 is 17.9 Å². The molecular formula is C12H18FNO3S2. The zero-order valence-electron chi connectivity index (χ0n) is 10.7. The van der Waals surface area contributed by atoms with Gasteiger partial charge in [-0.2, -0.15) is 11.8 Å². The largest absolute Gasteiger partial charge is 0.392 e. The zero-order valence-corrected chi connectivity index (χ0v) is 12.4. The highest BCUT2D eigenvalue weighted by atomic mass is 32.2. The summed E-state index contributed by atoms with van der Waals surface area (Å²) in [5.41, 5.74) is -0.0229. The average Bonchev–Trinajstić information content (AvgIpc) is 2.38. The Morgan fingerprint density at radius 3 is 2.74 bits per heavy atom. The van der Waals surface area contributed by atoms with Gasteiger partial charge in [0.15, 0.2) is 0 Å². The maximum atomic E-state index is 13.2. The fourth-order valence-corrected chi connectivity index (χ4v) is 3.12. The van der Waals surface area contributed by atoms with Gasteiger partial charge >= 0.3 is 0 Å². The number of unbranched alkanes of at least 4 members (excludes halogenated alkanes) is 1. The van der Waals surface area contributed by atoms with Crippen LogP contribution < -0.4 is 4.72 Å². The Labute approximate surface area is 117 Å². The van der Waals surface area contributed by atoms with Crippen molar-refractivity contribution in [3.8, 4) is 0 Å². The Morgan fingerprint density at radius 1 is 1.37 bits per heavy atom. The van der Waals surface area contributed by atoms with Gasteiger partial charge in [0.05, 0.1) is 11.5 Å². The number of halogens is 1. The standard InChI is InChI=1S/C12H18FNO3S2/c1-18-7-3-2-6-14-19(16,17)11-4-5-12(13)10(8-11)9-15/h4-5,8,14-15H,2-3,6-7,9H2,1H3. The summed E-state index contributed by atoms with van der Waals surface area (Å²) >= 11 is 1.72. The lowest BCUT2D eigenvalue weighted by atomic mass is 10.2. The molecule has 0 fully saturated rings. The summed E-state index contributed by atoms with van der Waals surface area (Å²) < 4.78 is 39.5. The number of hydrogen-bond acceptors (Lipinski definition) is 4. The van der Waals surface area contributed by atoms with Crippen LogP contribution in [0.2, 0.25) is 0 Å². The van der Waals surface area contributed by atoms with Crippen molar-refractivity contribution in [2.24, 2.45) is 0 Å². The second-order valence-corrected chi connectivity index (χ2v) is 6.76. The molecule has 1 aromatic rings. The zero-order chi connectivity index (χ0) is 14.3. The Bertz CT molecular complexity index is 506. The van der Waals surface area contributed by atoms with E-state index >= 15 is 0 Å². The number of sulfonamides is 1. The van der Waals surface area contributed by atoms with Crippen LogP contribution in [0.5, 0.6) is 0 Å². The second-order valence-electron chi connectivity index (χ2n) is 4.01. The number of aliphatic hydroxyl groups excluding tert-OH is 1. The van der Waals surface area contributed by atoms with Crippen molar-refractivity contribution in [3.63, 3.8) is 0 Å². The third-order valence-corrected chi connectivity index (χ3v) is 4.72. The van der Waals surface area contributed by atoms with Crippen molar-refractivity contribution in [1.29, 1.82) is 0 Å². The lowest BCUT2D eigenvalue weighted by Gasteiger charge is -2.08. The Morgan fingerprint density at radius 2 is 2.11 bits per heavy atom. The minimum absolute atomic E-state index is 0.0229. The predicted octanol–water partition coefficient (Wildman–Crippen LogP) is 1.74. The van der Waals surface area contributed by atoms with E-state index in [1.807, 2.05) is 6.26 Å². The third kappa shape index (κ3) is 5.10. The van der Waals surface area contributed by atoms with E-state index in [1.54, 1.807) is 11.8 Å². The smallest absolute Gasteiger partial charge is 0.240 e. The molecule has 0 radical (unpaired) electrons. The van der Waals surface area contributed by atoms with Crippen LogP contribution in [0.4, 0.5) is 4.39 Å². The summed E-state index contributed by atoms with van der Waals surface area (Å²) in [6.45, 7) is -0.169. The lowest BCUT2D eigenvalue weighted by molar-refractivity contribution is 0.275. The number of benzene rings is 1. The highest BCUT2D eigenvalue weighted by molar-refractivity contribution is 7.98. The van der Waals surface area contributed by atoms with E-state index in [1.165, 1.54) is 6.07 Å². The molecule has 0 bridgehead atoms. The van der Waals surface area contributed by atoms with E-state index in [9.17, 15) is 12.8 Å². The van der Waals surface area contributed by atoms with Crippen LogP contribution in [-0.2, 0) is 16.6 Å². The van der Waals surface area contributed by atoms with Crippen LogP contribution in [0.15, 0.2) is 23.1 Å². The van der Waals surface area contributed by atoms with Gasteiger partial charge in [-0.15, -0.1) is 0 Å². The van der Waals surface area contributed by atoms with Gasteiger partial charge in [-0.3, -0.25) is 0 Å². The number of aliphatic hydroxyl groups is 1. The topological polar surface area (TPSA) is 66.4 Å². The molecule has 0 spiro atoms. The first kappa shape index (κ1) is 16.4. The minimum Gasteiger partial charge on any atom is -0.392 e. The summed E-state index contributed by atoms with van der Waals surface area (Å²) in [6, 6.07) is 3.39. The van der Waals surface area contributed by atoms with Crippen LogP contribution in [0.1, 0.15) is 18.4 Å². The van der Waals surface area contributed by atoms with E-state index in [2.05, 4.69) is 4.72 Å². The van der Waals surface area contributed by atoms with E-state index < -0.39 is 22.4 Å². The highest BCUT2D eigenvalue weighted by Gasteiger charge is 2.15. The molecule has 1 aromatic carbocycles. The number of rotatable bonds is 8. The monoisotopic (exact) mass is 307 g/mol. The summed E-state index contributed by atoms with van der Waals surface area (Å²) in [5, 5.41) is 8.92. The van der Waals surface area contributed by atoms with Crippen LogP contribution >= 0.6 is 11.8 Å². The van der Waals surface area contributed by atoms with Gasteiger partial charge in [-0.1, -0.05) is 0 Å². The Hall–Kier alpha value is -0.630. The molecule has 0 saturated heterocycles. The lowest BCUT2D eigenvalue weighted by Crippen LogP contribution is -2.25. The van der Waals surface area contributed by atoms with E-state index in [0.29, 0.717) is 6.54 Å². The summed E-state index contributed by atoms with van der Waals surface area (Å²) in [4.78, 5) is -0.0252. The molecule has 0 amide bonds. The highest BCUT2D eigenvalue weighted by Crippen LogP contribution is 2.15. The molecule has 0 atom stereocenters. The first-order chi connectivity index (χ1) is 9.01.